The van der Waals surface area contributed by atoms with Gasteiger partial charge in [-0.25, -0.2) is 10.2 Å². The molecule has 2 amide bonds. The van der Waals surface area contributed by atoms with Crippen molar-refractivity contribution in [3.63, 3.8) is 0 Å². The number of amides is 2. The third-order valence-electron chi connectivity index (χ3n) is 2.27. The molecule has 0 unspecified atom stereocenters. The first-order valence-corrected chi connectivity index (χ1v) is 4.98. The minimum atomic E-state index is -1.30. The van der Waals surface area contributed by atoms with E-state index in [1.54, 1.807) is 24.3 Å². The van der Waals surface area contributed by atoms with Crippen LogP contribution in [0.15, 0.2) is 24.3 Å². The highest BCUT2D eigenvalue weighted by Crippen LogP contribution is 2.10. The van der Waals surface area contributed by atoms with Crippen LogP contribution in [-0.2, 0) is 17.8 Å². The van der Waals surface area contributed by atoms with Crippen LogP contribution in [0.1, 0.15) is 11.1 Å². The number of carbonyl (C=O) groups is 2. The van der Waals surface area contributed by atoms with Gasteiger partial charge in [0.15, 0.2) is 0 Å². The van der Waals surface area contributed by atoms with Gasteiger partial charge >= 0.3 is 6.09 Å². The largest absolute Gasteiger partial charge is 0.464 e. The van der Waals surface area contributed by atoms with Crippen LogP contribution in [0.25, 0.3) is 0 Å². The summed E-state index contributed by atoms with van der Waals surface area (Å²) in [5, 5.41) is 18.4. The fraction of sp³-hybridized carbons (Fsp3) is 0.273. The van der Waals surface area contributed by atoms with Gasteiger partial charge in [0.25, 0.3) is 0 Å². The van der Waals surface area contributed by atoms with Gasteiger partial charge in [0.2, 0.25) is 5.91 Å². The average Bonchev–Trinajstić information content (AvgIpc) is 2.28. The molecule has 0 heterocycles. The molecule has 6 nitrogen and oxygen atoms in total. The lowest BCUT2D eigenvalue weighted by molar-refractivity contribution is -0.131. The first-order chi connectivity index (χ1) is 8.04. The van der Waals surface area contributed by atoms with E-state index in [2.05, 4.69) is 0 Å². The van der Waals surface area contributed by atoms with Crippen LogP contribution in [0.2, 0.25) is 0 Å². The molecule has 1 aromatic rings. The fourth-order valence-corrected chi connectivity index (χ4v) is 1.37. The van der Waals surface area contributed by atoms with Gasteiger partial charge in [-0.2, -0.15) is 0 Å². The van der Waals surface area contributed by atoms with Crippen LogP contribution in [0, 0.1) is 0 Å². The first-order valence-electron chi connectivity index (χ1n) is 4.98. The van der Waals surface area contributed by atoms with Crippen LogP contribution in [-0.4, -0.2) is 34.3 Å². The normalized spacial score (nSPS) is 9.76. The first kappa shape index (κ1) is 13.0. The molecule has 92 valence electrons. The van der Waals surface area contributed by atoms with E-state index in [0.29, 0.717) is 11.1 Å². The topological polar surface area (TPSA) is 89.9 Å². The van der Waals surface area contributed by atoms with E-state index in [-0.39, 0.29) is 13.0 Å². The summed E-state index contributed by atoms with van der Waals surface area (Å²) < 4.78 is 0. The molecule has 0 aliphatic rings. The van der Waals surface area contributed by atoms with Gasteiger partial charge in [-0.05, 0) is 11.1 Å². The van der Waals surface area contributed by atoms with Crippen LogP contribution in [0.5, 0.6) is 0 Å². The van der Waals surface area contributed by atoms with E-state index in [4.69, 9.17) is 10.2 Å². The number of nitrogens with zero attached hydrogens (tertiary/aromatic N) is 1. The van der Waals surface area contributed by atoms with Crippen LogP contribution in [0.3, 0.4) is 0 Å². The van der Waals surface area contributed by atoms with Crippen molar-refractivity contribution >= 4 is 12.0 Å². The molecule has 6 heteroatoms. The van der Waals surface area contributed by atoms with Crippen molar-refractivity contribution in [1.82, 2.24) is 10.4 Å². The van der Waals surface area contributed by atoms with Crippen LogP contribution in [0.4, 0.5) is 4.79 Å². The maximum atomic E-state index is 11.6. The number of aliphatic hydroxyl groups is 1. The summed E-state index contributed by atoms with van der Waals surface area (Å²) in [6.45, 7) is -0.153. The molecule has 1 rings (SSSR count). The number of hydrogen-bond donors (Lipinski definition) is 3. The number of benzene rings is 1. The maximum absolute atomic E-state index is 11.6. The van der Waals surface area contributed by atoms with Crippen molar-refractivity contribution in [2.45, 2.75) is 13.0 Å². The van der Waals surface area contributed by atoms with Gasteiger partial charge in [0, 0.05) is 7.05 Å². The summed E-state index contributed by atoms with van der Waals surface area (Å²) in [5.74, 6) is -0.395. The molecule has 0 saturated carbocycles. The molecular weight excluding hydrogens is 224 g/mol. The Bertz CT molecular complexity index is 420. The van der Waals surface area contributed by atoms with Gasteiger partial charge < -0.3 is 10.2 Å². The molecule has 0 atom stereocenters. The van der Waals surface area contributed by atoms with E-state index < -0.39 is 12.0 Å². The van der Waals surface area contributed by atoms with Gasteiger partial charge in [0.05, 0.1) is 13.0 Å². The Morgan fingerprint density at radius 1 is 1.29 bits per heavy atom. The van der Waals surface area contributed by atoms with Crippen molar-refractivity contribution in [3.8, 4) is 0 Å². The lowest BCUT2D eigenvalue weighted by Gasteiger charge is -2.16. The minimum Gasteiger partial charge on any atom is -0.464 e. The molecule has 17 heavy (non-hydrogen) atoms. The molecule has 0 aliphatic carbocycles. The molecule has 0 aromatic heterocycles. The standard InChI is InChI=1S/C11H14N2O4/c1-13(12-11(16)17)10(15)6-8-4-2-3-5-9(8)7-14/h2-5,12,14H,6-7H2,1H3,(H,16,17). The number of nitrogens with one attached hydrogen (secondary N) is 1. The average molecular weight is 238 g/mol. The van der Waals surface area contributed by atoms with Crippen LogP contribution < -0.4 is 5.43 Å². The predicted octanol–water partition coefficient (Wildman–Crippen LogP) is 0.362. The number of hydrazine groups is 1. The second-order valence-corrected chi connectivity index (χ2v) is 3.47. The summed E-state index contributed by atoms with van der Waals surface area (Å²) in [6, 6.07) is 6.95. The molecule has 0 spiro atoms. The Kier molecular flexibility index (Phi) is 4.47. The Morgan fingerprint density at radius 3 is 2.41 bits per heavy atom. The SMILES string of the molecule is CN(NC(=O)O)C(=O)Cc1ccccc1CO. The number of carbonyl (C=O) groups excluding carboxylic acids is 1. The Hall–Kier alpha value is -2.08. The molecule has 3 N–H and O–H groups in total. The highest BCUT2D eigenvalue weighted by Gasteiger charge is 2.13. The smallest absolute Gasteiger partial charge is 0.423 e. The van der Waals surface area contributed by atoms with E-state index >= 15 is 0 Å². The van der Waals surface area contributed by atoms with Gasteiger partial charge in [-0.1, -0.05) is 24.3 Å². The van der Waals surface area contributed by atoms with Gasteiger partial charge in [0.1, 0.15) is 0 Å². The molecule has 0 bridgehead atoms. The van der Waals surface area contributed by atoms with Crippen molar-refractivity contribution < 1.29 is 19.8 Å². The number of hydrogen-bond acceptors (Lipinski definition) is 3. The Labute approximate surface area is 98.4 Å². The third-order valence-corrected chi connectivity index (χ3v) is 2.27. The second-order valence-electron chi connectivity index (χ2n) is 3.47. The van der Waals surface area contributed by atoms with Crippen molar-refractivity contribution in [2.24, 2.45) is 0 Å². The highest BCUT2D eigenvalue weighted by atomic mass is 16.4. The van der Waals surface area contributed by atoms with E-state index in [1.165, 1.54) is 7.05 Å². The van der Waals surface area contributed by atoms with Crippen LogP contribution >= 0.6 is 0 Å². The minimum absolute atomic E-state index is 0.0352. The summed E-state index contributed by atoms with van der Waals surface area (Å²) in [4.78, 5) is 22.0. The van der Waals surface area contributed by atoms with Gasteiger partial charge in [-0.15, -0.1) is 0 Å². The molecule has 1 aromatic carbocycles. The lowest BCUT2D eigenvalue weighted by Crippen LogP contribution is -2.43. The highest BCUT2D eigenvalue weighted by molar-refractivity contribution is 5.80. The number of rotatable bonds is 3. The van der Waals surface area contributed by atoms with Crippen molar-refractivity contribution in [2.75, 3.05) is 7.05 Å². The lowest BCUT2D eigenvalue weighted by atomic mass is 10.1. The Morgan fingerprint density at radius 2 is 1.88 bits per heavy atom. The van der Waals surface area contributed by atoms with E-state index in [9.17, 15) is 9.59 Å². The summed E-state index contributed by atoms with van der Waals surface area (Å²) >= 11 is 0. The molecule has 0 aliphatic heterocycles. The van der Waals surface area contributed by atoms with Gasteiger partial charge in [-0.3, -0.25) is 9.80 Å². The zero-order chi connectivity index (χ0) is 12.8. The molecule has 0 saturated heterocycles. The Balaban J connectivity index is 2.70. The summed E-state index contributed by atoms with van der Waals surface area (Å²) in [6.07, 6.45) is -1.26. The third kappa shape index (κ3) is 3.76. The summed E-state index contributed by atoms with van der Waals surface area (Å²) in [5.41, 5.74) is 3.27. The molecule has 0 fully saturated rings. The molecular formula is C11H14N2O4. The summed E-state index contributed by atoms with van der Waals surface area (Å²) in [7, 11) is 1.33. The van der Waals surface area contributed by atoms with E-state index in [1.807, 2.05) is 5.43 Å². The van der Waals surface area contributed by atoms with Crippen molar-refractivity contribution in [3.05, 3.63) is 35.4 Å². The quantitative estimate of drug-likeness (QED) is 0.663. The van der Waals surface area contributed by atoms with Crippen molar-refractivity contribution in [1.29, 1.82) is 0 Å². The number of carboxylic acid groups (broad SMARTS) is 1. The fourth-order valence-electron chi connectivity index (χ4n) is 1.37. The monoisotopic (exact) mass is 238 g/mol. The molecule has 0 radical (unpaired) electrons. The second kappa shape index (κ2) is 5.86. The zero-order valence-corrected chi connectivity index (χ0v) is 9.38. The zero-order valence-electron chi connectivity index (χ0n) is 9.38. The maximum Gasteiger partial charge on any atom is 0.423 e. The van der Waals surface area contributed by atoms with E-state index in [0.717, 1.165) is 5.01 Å². The predicted molar refractivity (Wildman–Crippen MR) is 60.0 cm³/mol. The number of aliphatic hydroxyl groups excluding tert-OH is 1. The number of likely N-dealkylation sites (N-methyl/N-ethyl adjacent to an activating group) is 1.